The van der Waals surface area contributed by atoms with Crippen LogP contribution >= 0.6 is 11.3 Å². The number of rotatable bonds is 4. The zero-order valence-electron chi connectivity index (χ0n) is 34.3. The monoisotopic (exact) mass is 583 g/mol. The smallest absolute Gasteiger partial charge is 0.187 e. The second-order valence-electron chi connectivity index (χ2n) is 10.8. The fraction of sp³-hybridized carbons (Fsp3) is 0.105. The van der Waals surface area contributed by atoms with Crippen LogP contribution < -0.4 is 0 Å². The Labute approximate surface area is 270 Å². The van der Waals surface area contributed by atoms with Crippen molar-refractivity contribution in [3.05, 3.63) is 132 Å². The van der Waals surface area contributed by atoms with Gasteiger partial charge in [-0.15, -0.1) is 11.3 Å². The fourth-order valence-corrected chi connectivity index (χ4v) is 5.69. The largest absolute Gasteiger partial charge is 0.238 e. The maximum absolute atomic E-state index is 9.44. The minimum atomic E-state index is -0.659. The van der Waals surface area contributed by atoms with Gasteiger partial charge < -0.3 is 0 Å². The van der Waals surface area contributed by atoms with E-state index < -0.39 is 60.4 Å². The lowest BCUT2D eigenvalue weighted by Crippen LogP contribution is -2.10. The molecule has 2 heterocycles. The molecule has 5 aromatic carbocycles. The van der Waals surface area contributed by atoms with Crippen molar-refractivity contribution in [1.82, 2.24) is 15.0 Å². The Kier molecular flexibility index (Phi) is 4.20. The second kappa shape index (κ2) is 10.6. The zero-order valence-corrected chi connectivity index (χ0v) is 24.1. The summed E-state index contributed by atoms with van der Waals surface area (Å²) in [5, 5.41) is -0.0477. The van der Waals surface area contributed by atoms with E-state index in [2.05, 4.69) is 30.6 Å². The van der Waals surface area contributed by atoms with Crippen molar-refractivity contribution in [2.24, 2.45) is 0 Å². The molecule has 0 atom stereocenters. The molecule has 0 unspecified atom stereocenters. The summed E-state index contributed by atoms with van der Waals surface area (Å²) in [6.07, 6.45) is 0. The molecule has 7 rings (SSSR count). The van der Waals surface area contributed by atoms with Crippen LogP contribution in [0.15, 0.2) is 115 Å². The van der Waals surface area contributed by atoms with Gasteiger partial charge in [-0.05, 0) is 34.2 Å². The molecule has 0 aliphatic carbocycles. The molecule has 0 saturated heterocycles. The van der Waals surface area contributed by atoms with E-state index in [4.69, 9.17) is 27.5 Å². The highest BCUT2D eigenvalue weighted by molar-refractivity contribution is 7.26. The third-order valence-electron chi connectivity index (χ3n) is 6.95. The Morgan fingerprint density at radius 2 is 1.28 bits per heavy atom. The third-order valence-corrected chi connectivity index (χ3v) is 7.97. The number of nitrogens with zero attached hydrogens (tertiary/aromatic N) is 4. The summed E-state index contributed by atoms with van der Waals surface area (Å²) in [7, 11) is 0. The normalized spacial score (nSPS) is 15.2. The predicted molar refractivity (Wildman–Crippen MR) is 179 cm³/mol. The van der Waals surface area contributed by atoms with E-state index >= 15 is 0 Å². The Bertz CT molecular complexity index is 2740. The standard InChI is InChI=1S/C38H28N4S/c1-38(2,3)28-18-13-25(14-19-28)35-40-36(26-15-20-29(39-4)21-16-26)42-37(41-35)27-17-22-31-33(23-27)43-32-12-8-11-30(34(31)32)24-9-6-5-7-10-24/h5-23H,1-3H3/i5D,6D,7D,8D,9D,10D,11D,12D,17D,22D,23D. The van der Waals surface area contributed by atoms with Crippen molar-refractivity contribution in [3.63, 3.8) is 0 Å². The van der Waals surface area contributed by atoms with Gasteiger partial charge in [0, 0.05) is 36.9 Å². The average molecular weight is 584 g/mol. The Morgan fingerprint density at radius 3 is 1.91 bits per heavy atom. The van der Waals surface area contributed by atoms with Gasteiger partial charge in [0.05, 0.1) is 21.7 Å². The summed E-state index contributed by atoms with van der Waals surface area (Å²) in [4.78, 5) is 17.6. The van der Waals surface area contributed by atoms with Crippen LogP contribution in [0.1, 0.15) is 41.4 Å². The topological polar surface area (TPSA) is 43.0 Å². The molecular weight excluding hydrogens is 545 g/mol. The van der Waals surface area contributed by atoms with Gasteiger partial charge in [-0.1, -0.05) is 124 Å². The number of benzene rings is 5. The molecule has 7 aromatic rings. The summed E-state index contributed by atoms with van der Waals surface area (Å²) < 4.78 is 96.2. The zero-order chi connectivity index (χ0) is 39.1. The first kappa shape index (κ1) is 17.1. The lowest BCUT2D eigenvalue weighted by molar-refractivity contribution is 0.590. The van der Waals surface area contributed by atoms with Gasteiger partial charge >= 0.3 is 0 Å². The molecule has 0 amide bonds. The molecule has 2 aromatic heterocycles. The third kappa shape index (κ3) is 5.07. The lowest BCUT2D eigenvalue weighted by atomic mass is 9.87. The number of hydrogen-bond acceptors (Lipinski definition) is 4. The molecule has 0 bridgehead atoms. The molecular formula is C38H28N4S. The van der Waals surface area contributed by atoms with Crippen LogP contribution in [0.3, 0.4) is 0 Å². The molecule has 0 spiro atoms. The van der Waals surface area contributed by atoms with Crippen molar-refractivity contribution in [3.8, 4) is 45.3 Å². The van der Waals surface area contributed by atoms with E-state index in [1.54, 1.807) is 24.3 Å². The van der Waals surface area contributed by atoms with Gasteiger partial charge in [0.1, 0.15) is 0 Å². The van der Waals surface area contributed by atoms with Crippen molar-refractivity contribution < 1.29 is 15.1 Å². The molecule has 206 valence electrons. The summed E-state index contributed by atoms with van der Waals surface area (Å²) in [5.41, 5.74) is 1.80. The van der Waals surface area contributed by atoms with E-state index in [-0.39, 0.29) is 65.8 Å². The molecule has 5 heteroatoms. The van der Waals surface area contributed by atoms with Crippen LogP contribution in [0.25, 0.3) is 70.3 Å². The Morgan fingerprint density at radius 1 is 0.651 bits per heavy atom. The Hall–Kier alpha value is -5.18. The van der Waals surface area contributed by atoms with Gasteiger partial charge in [0.25, 0.3) is 0 Å². The van der Waals surface area contributed by atoms with Crippen LogP contribution in [0, 0.1) is 6.57 Å². The van der Waals surface area contributed by atoms with Crippen LogP contribution in [0.5, 0.6) is 0 Å². The number of aromatic nitrogens is 3. The highest BCUT2D eigenvalue weighted by atomic mass is 32.1. The van der Waals surface area contributed by atoms with Crippen LogP contribution in [-0.2, 0) is 5.41 Å². The van der Waals surface area contributed by atoms with E-state index in [1.165, 1.54) is 0 Å². The maximum atomic E-state index is 9.44. The molecule has 0 aliphatic rings. The summed E-state index contributed by atoms with van der Waals surface area (Å²) in [6, 6.07) is 8.35. The van der Waals surface area contributed by atoms with Gasteiger partial charge in [-0.2, -0.15) is 0 Å². The van der Waals surface area contributed by atoms with E-state index in [1.807, 2.05) is 24.3 Å². The van der Waals surface area contributed by atoms with Crippen molar-refractivity contribution in [2.75, 3.05) is 0 Å². The quantitative estimate of drug-likeness (QED) is 0.194. The molecule has 0 radical (unpaired) electrons. The van der Waals surface area contributed by atoms with Gasteiger partial charge in [0.15, 0.2) is 23.2 Å². The van der Waals surface area contributed by atoms with E-state index in [0.29, 0.717) is 16.8 Å². The summed E-state index contributed by atoms with van der Waals surface area (Å²) >= 11 is 0.876. The predicted octanol–water partition coefficient (Wildman–Crippen LogP) is 10.8. The van der Waals surface area contributed by atoms with Crippen molar-refractivity contribution in [2.45, 2.75) is 26.2 Å². The molecule has 0 fully saturated rings. The number of fused-ring (bicyclic) bond motifs is 3. The molecule has 0 N–H and O–H groups in total. The highest BCUT2D eigenvalue weighted by Crippen LogP contribution is 2.41. The van der Waals surface area contributed by atoms with Crippen molar-refractivity contribution >= 4 is 37.2 Å². The lowest BCUT2D eigenvalue weighted by Gasteiger charge is -2.19. The number of thiophene rings is 1. The van der Waals surface area contributed by atoms with E-state index in [0.717, 1.165) is 16.9 Å². The molecule has 43 heavy (non-hydrogen) atoms. The minimum absolute atomic E-state index is 0.0195. The second-order valence-corrected chi connectivity index (χ2v) is 11.8. The molecule has 0 aliphatic heterocycles. The number of hydrogen-bond donors (Lipinski definition) is 0. The SMILES string of the molecule is [2H]c1c([2H])c([2H])c(-c2c([2H])c([2H])c([2H])c3sc4c([2H])c(-c5nc(-c6ccc([N+]#[C-])cc6)nc(-c6ccc(C(C)(C)C)cc6)n5)c([2H])c([2H])c4c23)c([2H])c1[2H]. The van der Waals surface area contributed by atoms with Crippen LogP contribution in [0.2, 0.25) is 0 Å². The van der Waals surface area contributed by atoms with Gasteiger partial charge in [0.2, 0.25) is 0 Å². The summed E-state index contributed by atoms with van der Waals surface area (Å²) in [6.45, 7) is 13.6. The minimum Gasteiger partial charge on any atom is -0.238 e. The first-order chi connectivity index (χ1) is 25.5. The van der Waals surface area contributed by atoms with Crippen LogP contribution in [0.4, 0.5) is 5.69 Å². The summed E-state index contributed by atoms with van der Waals surface area (Å²) in [5.74, 6) is 0.357. The Balaban J connectivity index is 1.56. The van der Waals surface area contributed by atoms with Crippen LogP contribution in [-0.4, -0.2) is 15.0 Å². The molecule has 4 nitrogen and oxygen atoms in total. The first-order valence-electron chi connectivity index (χ1n) is 18.8. The van der Waals surface area contributed by atoms with Gasteiger partial charge in [-0.3, -0.25) is 0 Å². The fourth-order valence-electron chi connectivity index (χ4n) is 4.67. The van der Waals surface area contributed by atoms with Crippen molar-refractivity contribution in [1.29, 1.82) is 0 Å². The maximum Gasteiger partial charge on any atom is 0.187 e. The van der Waals surface area contributed by atoms with E-state index in [9.17, 15) is 4.11 Å². The average Bonchev–Trinajstić information content (AvgIpc) is 3.56. The molecule has 0 saturated carbocycles. The first-order valence-corrected chi connectivity index (χ1v) is 14.2. The highest BCUT2D eigenvalue weighted by Gasteiger charge is 2.17. The van der Waals surface area contributed by atoms with Gasteiger partial charge in [-0.25, -0.2) is 19.8 Å².